The first-order valence-electron chi connectivity index (χ1n) is 13.3. The van der Waals surface area contributed by atoms with Crippen LogP contribution in [0, 0.1) is 11.7 Å². The molecule has 1 aromatic heterocycles. The SMILES string of the molecule is CN(C)c1cccc(-c2nc3ccc(F)cc3n2C(C(=O)NC2CCCCC2)C2CCCCC2)c1. The maximum Gasteiger partial charge on any atom is 0.243 e. The third-order valence-corrected chi connectivity index (χ3v) is 7.87. The molecular formula is C29H37FN4O. The number of imidazole rings is 1. The normalized spacial score (nSPS) is 18.5. The molecule has 6 heteroatoms. The van der Waals surface area contributed by atoms with E-state index in [4.69, 9.17) is 4.98 Å². The van der Waals surface area contributed by atoms with Gasteiger partial charge in [0.1, 0.15) is 17.7 Å². The van der Waals surface area contributed by atoms with Crippen molar-refractivity contribution in [2.75, 3.05) is 19.0 Å². The number of aromatic nitrogens is 2. The molecule has 0 saturated heterocycles. The summed E-state index contributed by atoms with van der Waals surface area (Å²) < 4.78 is 16.6. The lowest BCUT2D eigenvalue weighted by atomic mass is 9.82. The van der Waals surface area contributed by atoms with E-state index in [0.717, 1.165) is 61.1 Å². The van der Waals surface area contributed by atoms with Crippen LogP contribution in [0.2, 0.25) is 0 Å². The van der Waals surface area contributed by atoms with E-state index in [9.17, 15) is 9.18 Å². The Labute approximate surface area is 207 Å². The second-order valence-corrected chi connectivity index (χ2v) is 10.6. The second-order valence-electron chi connectivity index (χ2n) is 10.6. The van der Waals surface area contributed by atoms with Gasteiger partial charge in [-0.1, -0.05) is 50.7 Å². The van der Waals surface area contributed by atoms with E-state index in [1.165, 1.54) is 31.7 Å². The minimum Gasteiger partial charge on any atom is -0.378 e. The molecule has 0 aliphatic heterocycles. The molecule has 5 nitrogen and oxygen atoms in total. The smallest absolute Gasteiger partial charge is 0.243 e. The number of carbonyl (C=O) groups is 1. The summed E-state index contributed by atoms with van der Waals surface area (Å²) in [6.07, 6.45) is 11.2. The number of benzene rings is 2. The molecular weight excluding hydrogens is 439 g/mol. The summed E-state index contributed by atoms with van der Waals surface area (Å²) in [6, 6.07) is 12.8. The van der Waals surface area contributed by atoms with Gasteiger partial charge in [0.05, 0.1) is 11.0 Å². The van der Waals surface area contributed by atoms with Gasteiger partial charge in [-0.25, -0.2) is 9.37 Å². The van der Waals surface area contributed by atoms with Crippen LogP contribution in [0.5, 0.6) is 0 Å². The van der Waals surface area contributed by atoms with Crippen molar-refractivity contribution in [3.8, 4) is 11.4 Å². The fourth-order valence-corrected chi connectivity index (χ4v) is 6.00. The number of rotatable bonds is 6. The minimum absolute atomic E-state index is 0.0670. The van der Waals surface area contributed by atoms with E-state index in [1.54, 1.807) is 12.1 Å². The van der Waals surface area contributed by atoms with Gasteiger partial charge in [0.15, 0.2) is 0 Å². The van der Waals surface area contributed by atoms with Gasteiger partial charge >= 0.3 is 0 Å². The van der Waals surface area contributed by atoms with Crippen LogP contribution >= 0.6 is 0 Å². The molecule has 0 radical (unpaired) electrons. The van der Waals surface area contributed by atoms with Crippen LogP contribution in [-0.2, 0) is 4.79 Å². The summed E-state index contributed by atoms with van der Waals surface area (Å²) in [5, 5.41) is 3.40. The Hall–Kier alpha value is -2.89. The zero-order chi connectivity index (χ0) is 24.4. The second kappa shape index (κ2) is 10.4. The minimum atomic E-state index is -0.401. The first kappa shape index (κ1) is 23.8. The van der Waals surface area contributed by atoms with E-state index >= 15 is 0 Å². The van der Waals surface area contributed by atoms with Crippen molar-refractivity contribution in [2.45, 2.75) is 76.3 Å². The third-order valence-electron chi connectivity index (χ3n) is 7.87. The summed E-state index contributed by atoms with van der Waals surface area (Å²) in [5.41, 5.74) is 3.43. The summed E-state index contributed by atoms with van der Waals surface area (Å²) in [4.78, 5) is 21.1. The molecule has 2 saturated carbocycles. The molecule has 1 amide bonds. The van der Waals surface area contributed by atoms with E-state index in [1.807, 2.05) is 26.2 Å². The maximum absolute atomic E-state index is 14.5. The van der Waals surface area contributed by atoms with Gasteiger partial charge in [-0.2, -0.15) is 0 Å². The van der Waals surface area contributed by atoms with Crippen LogP contribution in [0.4, 0.5) is 10.1 Å². The number of amides is 1. The highest BCUT2D eigenvalue weighted by Gasteiger charge is 2.35. The fraction of sp³-hybridized carbons (Fsp3) is 0.517. The maximum atomic E-state index is 14.5. The molecule has 5 rings (SSSR count). The van der Waals surface area contributed by atoms with Crippen molar-refractivity contribution in [2.24, 2.45) is 5.92 Å². The molecule has 3 aromatic rings. The highest BCUT2D eigenvalue weighted by Crippen LogP contribution is 2.39. The van der Waals surface area contributed by atoms with Crippen molar-refractivity contribution in [1.29, 1.82) is 0 Å². The predicted molar refractivity (Wildman–Crippen MR) is 140 cm³/mol. The van der Waals surface area contributed by atoms with Gasteiger partial charge < -0.3 is 14.8 Å². The fourth-order valence-electron chi connectivity index (χ4n) is 6.00. The molecule has 1 unspecified atom stereocenters. The third kappa shape index (κ3) is 5.07. The number of nitrogens with zero attached hydrogens (tertiary/aromatic N) is 3. The van der Waals surface area contributed by atoms with Gasteiger partial charge in [0.2, 0.25) is 5.91 Å². The molecule has 2 fully saturated rings. The standard InChI is InChI=1S/C29H37FN4O/c1-33(2)24-15-9-12-21(18-24)28-32-25-17-16-22(30)19-26(25)34(28)27(20-10-5-3-6-11-20)29(35)31-23-13-7-4-8-14-23/h9,12,15-20,23,27H,3-8,10-11,13-14H2,1-2H3,(H,31,35). The van der Waals surface area contributed by atoms with Crippen molar-refractivity contribution in [1.82, 2.24) is 14.9 Å². The van der Waals surface area contributed by atoms with Gasteiger partial charge in [0, 0.05) is 31.4 Å². The number of anilines is 1. The molecule has 186 valence electrons. The van der Waals surface area contributed by atoms with E-state index in [0.29, 0.717) is 5.52 Å². The summed E-state index contributed by atoms with van der Waals surface area (Å²) in [7, 11) is 4.03. The van der Waals surface area contributed by atoms with Crippen LogP contribution in [0.1, 0.15) is 70.3 Å². The first-order valence-corrected chi connectivity index (χ1v) is 13.3. The van der Waals surface area contributed by atoms with Gasteiger partial charge in [-0.3, -0.25) is 4.79 Å². The number of hydrogen-bond acceptors (Lipinski definition) is 3. The molecule has 35 heavy (non-hydrogen) atoms. The van der Waals surface area contributed by atoms with Crippen molar-refractivity contribution < 1.29 is 9.18 Å². The Balaban J connectivity index is 1.65. The van der Waals surface area contributed by atoms with Gasteiger partial charge in [-0.15, -0.1) is 0 Å². The van der Waals surface area contributed by atoms with E-state index in [2.05, 4.69) is 26.9 Å². The average Bonchev–Trinajstić information content (AvgIpc) is 3.24. The predicted octanol–water partition coefficient (Wildman–Crippen LogP) is 6.48. The zero-order valence-corrected chi connectivity index (χ0v) is 21.0. The Morgan fingerprint density at radius 2 is 1.71 bits per heavy atom. The van der Waals surface area contributed by atoms with Crippen LogP contribution in [0.15, 0.2) is 42.5 Å². The molecule has 1 atom stereocenters. The van der Waals surface area contributed by atoms with Gasteiger partial charge in [-0.05, 0) is 61.9 Å². The van der Waals surface area contributed by atoms with Gasteiger partial charge in [0.25, 0.3) is 0 Å². The number of hydrogen-bond donors (Lipinski definition) is 1. The molecule has 0 spiro atoms. The summed E-state index contributed by atoms with van der Waals surface area (Å²) in [5.74, 6) is 0.715. The summed E-state index contributed by atoms with van der Waals surface area (Å²) >= 11 is 0. The highest BCUT2D eigenvalue weighted by atomic mass is 19.1. The number of carbonyl (C=O) groups excluding carboxylic acids is 1. The molecule has 2 aliphatic carbocycles. The molecule has 2 aliphatic rings. The molecule has 0 bridgehead atoms. The van der Waals surface area contributed by atoms with E-state index in [-0.39, 0.29) is 23.7 Å². The van der Waals surface area contributed by atoms with Crippen molar-refractivity contribution >= 4 is 22.6 Å². The lowest BCUT2D eigenvalue weighted by molar-refractivity contribution is -0.127. The number of halogens is 1. The topological polar surface area (TPSA) is 50.2 Å². The van der Waals surface area contributed by atoms with Crippen molar-refractivity contribution in [3.05, 3.63) is 48.3 Å². The van der Waals surface area contributed by atoms with Crippen LogP contribution in [-0.4, -0.2) is 35.6 Å². The monoisotopic (exact) mass is 476 g/mol. The average molecular weight is 477 g/mol. The van der Waals surface area contributed by atoms with Crippen LogP contribution in [0.3, 0.4) is 0 Å². The largest absolute Gasteiger partial charge is 0.378 e. The number of nitrogens with one attached hydrogen (secondary N) is 1. The lowest BCUT2D eigenvalue weighted by Gasteiger charge is -2.34. The Bertz CT molecular complexity index is 1170. The summed E-state index contributed by atoms with van der Waals surface area (Å²) in [6.45, 7) is 0. The van der Waals surface area contributed by atoms with Crippen molar-refractivity contribution in [3.63, 3.8) is 0 Å². The number of fused-ring (bicyclic) bond motifs is 1. The lowest BCUT2D eigenvalue weighted by Crippen LogP contribution is -2.43. The molecule has 1 heterocycles. The first-order chi connectivity index (χ1) is 17.0. The molecule has 2 aromatic carbocycles. The van der Waals surface area contributed by atoms with E-state index < -0.39 is 6.04 Å². The molecule has 1 N–H and O–H groups in total. The Morgan fingerprint density at radius 3 is 2.43 bits per heavy atom. The Kier molecular flexibility index (Phi) is 7.07. The zero-order valence-electron chi connectivity index (χ0n) is 21.0. The highest BCUT2D eigenvalue weighted by molar-refractivity contribution is 5.88. The quantitative estimate of drug-likeness (QED) is 0.443. The van der Waals surface area contributed by atoms with Crippen LogP contribution < -0.4 is 10.2 Å². The Morgan fingerprint density at radius 1 is 1.00 bits per heavy atom. The van der Waals surface area contributed by atoms with Crippen LogP contribution in [0.25, 0.3) is 22.4 Å².